The zero-order valence-electron chi connectivity index (χ0n) is 16.4. The number of hydrogen-bond acceptors (Lipinski definition) is 1. The highest BCUT2D eigenvalue weighted by molar-refractivity contribution is 5.65. The number of benzene rings is 3. The molecular weight excluding hydrogens is 376 g/mol. The van der Waals surface area contributed by atoms with Crippen molar-refractivity contribution in [3.05, 3.63) is 106 Å². The third-order valence-electron chi connectivity index (χ3n) is 5.24. The summed E-state index contributed by atoms with van der Waals surface area (Å²) < 4.78 is 27.9. The molecular formula is C27H19F2N. The second kappa shape index (κ2) is 8.76. The summed E-state index contributed by atoms with van der Waals surface area (Å²) in [6.45, 7) is 0. The van der Waals surface area contributed by atoms with Gasteiger partial charge in [-0.15, -0.1) is 0 Å². The van der Waals surface area contributed by atoms with Crippen molar-refractivity contribution in [1.29, 1.82) is 5.26 Å². The summed E-state index contributed by atoms with van der Waals surface area (Å²) in [6, 6.07) is 19.8. The lowest BCUT2D eigenvalue weighted by Gasteiger charge is -2.06. The van der Waals surface area contributed by atoms with Gasteiger partial charge in [-0.05, 0) is 66.6 Å². The van der Waals surface area contributed by atoms with E-state index >= 15 is 0 Å². The lowest BCUT2D eigenvalue weighted by Crippen LogP contribution is -1.92. The topological polar surface area (TPSA) is 23.8 Å². The Balaban J connectivity index is 1.49. The molecule has 0 radical (unpaired) electrons. The highest BCUT2D eigenvalue weighted by Gasteiger charge is 2.09. The zero-order valence-corrected chi connectivity index (χ0v) is 16.4. The SMILES string of the molecule is N#Cc1cc(F)c(C#Cc2ccc(-c3ccc(CC4=CCCC4)cc3)cc2)c(F)c1. The van der Waals surface area contributed by atoms with Crippen molar-refractivity contribution < 1.29 is 8.78 Å². The molecule has 0 N–H and O–H groups in total. The minimum Gasteiger partial charge on any atom is -0.205 e. The first-order valence-corrected chi connectivity index (χ1v) is 9.91. The molecule has 0 aromatic heterocycles. The van der Waals surface area contributed by atoms with Crippen LogP contribution >= 0.6 is 0 Å². The van der Waals surface area contributed by atoms with E-state index in [1.807, 2.05) is 24.3 Å². The van der Waals surface area contributed by atoms with Crippen LogP contribution in [-0.4, -0.2) is 0 Å². The van der Waals surface area contributed by atoms with Gasteiger partial charge < -0.3 is 0 Å². The van der Waals surface area contributed by atoms with Crippen LogP contribution < -0.4 is 0 Å². The summed E-state index contributed by atoms with van der Waals surface area (Å²) in [5.74, 6) is 3.67. The fourth-order valence-corrected chi connectivity index (χ4v) is 3.61. The number of allylic oxidation sites excluding steroid dienone is 2. The highest BCUT2D eigenvalue weighted by Crippen LogP contribution is 2.24. The summed E-state index contributed by atoms with van der Waals surface area (Å²) >= 11 is 0. The summed E-state index contributed by atoms with van der Waals surface area (Å²) in [5.41, 5.74) is 5.29. The van der Waals surface area contributed by atoms with Crippen LogP contribution in [0.15, 0.2) is 72.3 Å². The maximum atomic E-state index is 13.9. The Kier molecular flexibility index (Phi) is 5.73. The number of halogens is 2. The van der Waals surface area contributed by atoms with Crippen LogP contribution in [0.3, 0.4) is 0 Å². The number of nitriles is 1. The summed E-state index contributed by atoms with van der Waals surface area (Å²) in [5, 5.41) is 8.76. The molecule has 3 aromatic carbocycles. The predicted molar refractivity (Wildman–Crippen MR) is 115 cm³/mol. The van der Waals surface area contributed by atoms with E-state index in [0.29, 0.717) is 5.56 Å². The van der Waals surface area contributed by atoms with Crippen LogP contribution in [-0.2, 0) is 6.42 Å². The third-order valence-corrected chi connectivity index (χ3v) is 5.24. The molecule has 0 bridgehead atoms. The van der Waals surface area contributed by atoms with E-state index in [9.17, 15) is 8.78 Å². The van der Waals surface area contributed by atoms with Crippen molar-refractivity contribution in [2.75, 3.05) is 0 Å². The van der Waals surface area contributed by atoms with Gasteiger partial charge in [-0.25, -0.2) is 8.78 Å². The molecule has 146 valence electrons. The van der Waals surface area contributed by atoms with Crippen LogP contribution in [0.1, 0.15) is 41.5 Å². The van der Waals surface area contributed by atoms with Crippen molar-refractivity contribution in [3.8, 4) is 29.0 Å². The third kappa shape index (κ3) is 4.48. The molecule has 3 aromatic rings. The smallest absolute Gasteiger partial charge is 0.143 e. The molecule has 1 aliphatic rings. The molecule has 0 unspecified atom stereocenters. The number of hydrogen-bond donors (Lipinski definition) is 0. The highest BCUT2D eigenvalue weighted by atomic mass is 19.1. The van der Waals surface area contributed by atoms with E-state index in [2.05, 4.69) is 42.2 Å². The first-order chi connectivity index (χ1) is 14.6. The molecule has 1 aliphatic carbocycles. The maximum Gasteiger partial charge on any atom is 0.143 e. The Labute approximate surface area is 175 Å². The van der Waals surface area contributed by atoms with Crippen LogP contribution in [0.25, 0.3) is 11.1 Å². The zero-order chi connectivity index (χ0) is 20.9. The van der Waals surface area contributed by atoms with Crippen molar-refractivity contribution in [2.24, 2.45) is 0 Å². The molecule has 3 heteroatoms. The fourth-order valence-electron chi connectivity index (χ4n) is 3.61. The molecule has 0 amide bonds. The van der Waals surface area contributed by atoms with Crippen molar-refractivity contribution in [1.82, 2.24) is 0 Å². The second-order valence-corrected chi connectivity index (χ2v) is 7.38. The fraction of sp³-hybridized carbons (Fsp3) is 0.148. The quantitative estimate of drug-likeness (QED) is 0.364. The molecule has 0 saturated heterocycles. The van der Waals surface area contributed by atoms with Crippen LogP contribution in [0.4, 0.5) is 8.78 Å². The molecule has 0 atom stereocenters. The minimum atomic E-state index is -0.830. The molecule has 0 heterocycles. The molecule has 0 aliphatic heterocycles. The first-order valence-electron chi connectivity index (χ1n) is 9.91. The van der Waals surface area contributed by atoms with E-state index in [1.165, 1.54) is 30.4 Å². The molecule has 30 heavy (non-hydrogen) atoms. The van der Waals surface area contributed by atoms with Gasteiger partial charge in [0.1, 0.15) is 11.6 Å². The maximum absolute atomic E-state index is 13.9. The van der Waals surface area contributed by atoms with E-state index in [-0.39, 0.29) is 11.1 Å². The van der Waals surface area contributed by atoms with Gasteiger partial charge in [0.25, 0.3) is 0 Å². The second-order valence-electron chi connectivity index (χ2n) is 7.38. The Morgan fingerprint density at radius 1 is 0.800 bits per heavy atom. The van der Waals surface area contributed by atoms with Crippen molar-refractivity contribution in [3.63, 3.8) is 0 Å². The van der Waals surface area contributed by atoms with Gasteiger partial charge in [0.2, 0.25) is 0 Å². The van der Waals surface area contributed by atoms with E-state index in [1.54, 1.807) is 6.07 Å². The summed E-state index contributed by atoms with van der Waals surface area (Å²) in [7, 11) is 0. The Bertz CT molecular complexity index is 1180. The van der Waals surface area contributed by atoms with Gasteiger partial charge in [0.05, 0.1) is 17.2 Å². The average molecular weight is 395 g/mol. The standard InChI is InChI=1S/C27H19F2N/c28-26-16-22(18-30)17-27(29)25(26)14-9-19-5-10-23(11-6-19)24-12-7-21(8-13-24)15-20-3-1-2-4-20/h3,5-8,10-13,16-17H,1-2,4,15H2. The normalized spacial score (nSPS) is 12.6. The first kappa shape index (κ1) is 19.6. The lowest BCUT2D eigenvalue weighted by atomic mass is 9.99. The van der Waals surface area contributed by atoms with Gasteiger partial charge in [0, 0.05) is 5.56 Å². The van der Waals surface area contributed by atoms with Gasteiger partial charge in [-0.2, -0.15) is 5.26 Å². The van der Waals surface area contributed by atoms with Gasteiger partial charge >= 0.3 is 0 Å². The number of rotatable bonds is 3. The molecule has 1 nitrogen and oxygen atoms in total. The van der Waals surface area contributed by atoms with Crippen molar-refractivity contribution in [2.45, 2.75) is 25.7 Å². The molecule has 0 saturated carbocycles. The predicted octanol–water partition coefficient (Wildman–Crippen LogP) is 6.56. The minimum absolute atomic E-state index is 0.0640. The van der Waals surface area contributed by atoms with Crippen molar-refractivity contribution >= 4 is 0 Å². The van der Waals surface area contributed by atoms with Crippen LogP contribution in [0.5, 0.6) is 0 Å². The van der Waals surface area contributed by atoms with E-state index in [4.69, 9.17) is 5.26 Å². The molecule has 0 fully saturated rings. The Morgan fingerprint density at radius 3 is 2.00 bits per heavy atom. The summed E-state index contributed by atoms with van der Waals surface area (Å²) in [6.07, 6.45) is 7.06. The van der Waals surface area contributed by atoms with E-state index in [0.717, 1.165) is 29.7 Å². The Morgan fingerprint density at radius 2 is 1.43 bits per heavy atom. The summed E-state index contributed by atoms with van der Waals surface area (Å²) in [4.78, 5) is 0. The monoisotopic (exact) mass is 395 g/mol. The lowest BCUT2D eigenvalue weighted by molar-refractivity contribution is 0.577. The van der Waals surface area contributed by atoms with E-state index < -0.39 is 11.6 Å². The van der Waals surface area contributed by atoms with Gasteiger partial charge in [-0.3, -0.25) is 0 Å². The van der Waals surface area contributed by atoms with Crippen LogP contribution in [0.2, 0.25) is 0 Å². The largest absolute Gasteiger partial charge is 0.205 e. The average Bonchev–Trinajstić information content (AvgIpc) is 3.27. The van der Waals surface area contributed by atoms with Gasteiger partial charge in [-0.1, -0.05) is 59.9 Å². The Hall–Kier alpha value is -3.69. The molecule has 0 spiro atoms. The number of nitrogens with zero attached hydrogens (tertiary/aromatic N) is 1. The van der Waals surface area contributed by atoms with Crippen LogP contribution in [0, 0.1) is 34.8 Å². The molecule has 4 rings (SSSR count). The van der Waals surface area contributed by atoms with Gasteiger partial charge in [0.15, 0.2) is 0 Å².